The molecule has 0 saturated carbocycles. The van der Waals surface area contributed by atoms with Crippen molar-refractivity contribution in [1.29, 1.82) is 0 Å². The Hall–Kier alpha value is -1.95. The average Bonchev–Trinajstić information content (AvgIpc) is 2.33. The molecule has 0 aliphatic carbocycles. The van der Waals surface area contributed by atoms with Gasteiger partial charge in [0.05, 0.1) is 6.54 Å². The number of hydrogen-bond acceptors (Lipinski definition) is 2. The molecule has 0 heterocycles. The van der Waals surface area contributed by atoms with Gasteiger partial charge < -0.3 is 10.6 Å². The van der Waals surface area contributed by atoms with E-state index in [1.165, 1.54) is 0 Å². The lowest BCUT2D eigenvalue weighted by molar-refractivity contribution is -0.119. The third-order valence-corrected chi connectivity index (χ3v) is 1.98. The molecule has 1 amide bonds. The molecule has 0 radical (unpaired) electrons. The molecule has 0 unspecified atom stereocenters. The summed E-state index contributed by atoms with van der Waals surface area (Å²) < 4.78 is 0. The number of carbonyl (C=O) groups excluding carboxylic acids is 1. The van der Waals surface area contributed by atoms with Gasteiger partial charge in [-0.3, -0.25) is 4.79 Å². The molecule has 0 aromatic heterocycles. The molecule has 84 valence electrons. The highest BCUT2D eigenvalue weighted by Crippen LogP contribution is 2.03. The van der Waals surface area contributed by atoms with Gasteiger partial charge in [-0.25, -0.2) is 0 Å². The van der Waals surface area contributed by atoms with Crippen molar-refractivity contribution in [2.24, 2.45) is 0 Å². The minimum atomic E-state index is -0.0123. The van der Waals surface area contributed by atoms with Crippen LogP contribution < -0.4 is 10.6 Å². The molecule has 0 bridgehead atoms. The third kappa shape index (κ3) is 5.06. The van der Waals surface area contributed by atoms with Crippen molar-refractivity contribution in [3.05, 3.63) is 30.3 Å². The molecule has 0 atom stereocenters. The van der Waals surface area contributed by atoms with Gasteiger partial charge in [0.1, 0.15) is 0 Å². The van der Waals surface area contributed by atoms with E-state index in [4.69, 9.17) is 0 Å². The van der Waals surface area contributed by atoms with Crippen LogP contribution >= 0.6 is 0 Å². The average molecular weight is 216 g/mol. The van der Waals surface area contributed by atoms with Crippen LogP contribution in [0.4, 0.5) is 5.69 Å². The number of anilines is 1. The van der Waals surface area contributed by atoms with E-state index in [2.05, 4.69) is 22.5 Å². The zero-order valence-electron chi connectivity index (χ0n) is 9.42. The quantitative estimate of drug-likeness (QED) is 0.580. The second-order valence-corrected chi connectivity index (χ2v) is 3.25. The first-order chi connectivity index (χ1) is 7.83. The molecule has 16 heavy (non-hydrogen) atoms. The van der Waals surface area contributed by atoms with Crippen molar-refractivity contribution in [2.45, 2.75) is 13.3 Å². The summed E-state index contributed by atoms with van der Waals surface area (Å²) in [6.45, 7) is 2.69. The first-order valence-electron chi connectivity index (χ1n) is 5.28. The van der Waals surface area contributed by atoms with Gasteiger partial charge in [0.2, 0.25) is 5.91 Å². The highest BCUT2D eigenvalue weighted by Gasteiger charge is 1.98. The van der Waals surface area contributed by atoms with Gasteiger partial charge in [-0.1, -0.05) is 18.2 Å². The van der Waals surface area contributed by atoms with E-state index < -0.39 is 0 Å². The maximum atomic E-state index is 11.4. The smallest absolute Gasteiger partial charge is 0.239 e. The Bertz CT molecular complexity index is 376. The molecule has 0 aliphatic heterocycles. The van der Waals surface area contributed by atoms with Gasteiger partial charge in [-0.2, -0.15) is 0 Å². The van der Waals surface area contributed by atoms with Gasteiger partial charge in [0.15, 0.2) is 0 Å². The fourth-order valence-electron chi connectivity index (χ4n) is 1.19. The zero-order chi connectivity index (χ0) is 11.6. The van der Waals surface area contributed by atoms with Gasteiger partial charge in [-0.05, 0) is 19.1 Å². The Labute approximate surface area is 96.2 Å². The lowest BCUT2D eigenvalue weighted by Crippen LogP contribution is -2.30. The summed E-state index contributed by atoms with van der Waals surface area (Å²) >= 11 is 0. The van der Waals surface area contributed by atoms with E-state index in [0.29, 0.717) is 19.5 Å². The number of para-hydroxylation sites is 1. The van der Waals surface area contributed by atoms with Crippen LogP contribution in [-0.4, -0.2) is 19.0 Å². The van der Waals surface area contributed by atoms with Crippen LogP contribution in [0.25, 0.3) is 0 Å². The van der Waals surface area contributed by atoms with Gasteiger partial charge in [0, 0.05) is 18.7 Å². The van der Waals surface area contributed by atoms with E-state index in [1.807, 2.05) is 30.3 Å². The molecule has 1 rings (SSSR count). The molecule has 0 aliphatic rings. The maximum absolute atomic E-state index is 11.4. The molecule has 2 N–H and O–H groups in total. The normalized spacial score (nSPS) is 8.81. The number of hydrogen-bond donors (Lipinski definition) is 2. The number of nitrogens with one attached hydrogen (secondary N) is 2. The van der Waals surface area contributed by atoms with Crippen molar-refractivity contribution in [3.63, 3.8) is 0 Å². The molecular formula is C13H16N2O. The molecule has 0 fully saturated rings. The SMILES string of the molecule is CC#CCCNC(=O)CNc1ccccc1. The van der Waals surface area contributed by atoms with Crippen molar-refractivity contribution < 1.29 is 4.79 Å². The Kier molecular flexibility index (Phi) is 5.57. The summed E-state index contributed by atoms with van der Waals surface area (Å²) in [5.41, 5.74) is 0.950. The lowest BCUT2D eigenvalue weighted by Gasteiger charge is -2.06. The molecule has 0 saturated heterocycles. The van der Waals surface area contributed by atoms with Crippen LogP contribution in [0.15, 0.2) is 30.3 Å². The Morgan fingerprint density at radius 1 is 1.31 bits per heavy atom. The maximum Gasteiger partial charge on any atom is 0.239 e. The standard InChI is InChI=1S/C13H16N2O/c1-2-3-7-10-14-13(16)11-15-12-8-5-4-6-9-12/h4-6,8-9,15H,7,10-11H2,1H3,(H,14,16). The first-order valence-corrected chi connectivity index (χ1v) is 5.28. The monoisotopic (exact) mass is 216 g/mol. The fraction of sp³-hybridized carbons (Fsp3) is 0.308. The second kappa shape index (κ2) is 7.36. The second-order valence-electron chi connectivity index (χ2n) is 3.25. The summed E-state index contributed by atoms with van der Waals surface area (Å²) in [6, 6.07) is 9.65. The number of carbonyl (C=O) groups is 1. The van der Waals surface area contributed by atoms with Crippen LogP contribution in [0.1, 0.15) is 13.3 Å². The van der Waals surface area contributed by atoms with E-state index in [0.717, 1.165) is 5.69 Å². The van der Waals surface area contributed by atoms with Gasteiger partial charge in [0.25, 0.3) is 0 Å². The number of rotatable bonds is 5. The van der Waals surface area contributed by atoms with E-state index in [-0.39, 0.29) is 5.91 Å². The highest BCUT2D eigenvalue weighted by atomic mass is 16.1. The van der Waals surface area contributed by atoms with Crippen molar-refractivity contribution >= 4 is 11.6 Å². The number of benzene rings is 1. The number of amides is 1. The molecule has 1 aromatic rings. The molecule has 1 aromatic carbocycles. The summed E-state index contributed by atoms with van der Waals surface area (Å²) in [5.74, 6) is 5.66. The first kappa shape index (κ1) is 12.1. The zero-order valence-corrected chi connectivity index (χ0v) is 9.42. The van der Waals surface area contributed by atoms with Crippen LogP contribution in [0.3, 0.4) is 0 Å². The van der Waals surface area contributed by atoms with Crippen molar-refractivity contribution in [1.82, 2.24) is 5.32 Å². The van der Waals surface area contributed by atoms with Crippen molar-refractivity contribution in [2.75, 3.05) is 18.4 Å². The highest BCUT2D eigenvalue weighted by molar-refractivity contribution is 5.80. The Morgan fingerprint density at radius 3 is 2.75 bits per heavy atom. The molecule has 3 nitrogen and oxygen atoms in total. The minimum absolute atomic E-state index is 0.0123. The topological polar surface area (TPSA) is 41.1 Å². The summed E-state index contributed by atoms with van der Waals surface area (Å²) in [4.78, 5) is 11.4. The Balaban J connectivity index is 2.17. The molecular weight excluding hydrogens is 200 g/mol. The van der Waals surface area contributed by atoms with E-state index >= 15 is 0 Å². The fourth-order valence-corrected chi connectivity index (χ4v) is 1.19. The van der Waals surface area contributed by atoms with Gasteiger partial charge in [-0.15, -0.1) is 11.8 Å². The predicted octanol–water partition coefficient (Wildman–Crippen LogP) is 1.63. The largest absolute Gasteiger partial charge is 0.376 e. The van der Waals surface area contributed by atoms with Crippen molar-refractivity contribution in [3.8, 4) is 11.8 Å². The summed E-state index contributed by atoms with van der Waals surface area (Å²) in [5, 5.41) is 5.82. The Morgan fingerprint density at radius 2 is 2.06 bits per heavy atom. The third-order valence-electron chi connectivity index (χ3n) is 1.98. The molecule has 3 heteroatoms. The van der Waals surface area contributed by atoms with Crippen LogP contribution in [0, 0.1) is 11.8 Å². The minimum Gasteiger partial charge on any atom is -0.376 e. The summed E-state index contributed by atoms with van der Waals surface area (Å²) in [7, 11) is 0. The van der Waals surface area contributed by atoms with E-state index in [1.54, 1.807) is 6.92 Å². The van der Waals surface area contributed by atoms with E-state index in [9.17, 15) is 4.79 Å². The predicted molar refractivity (Wildman–Crippen MR) is 66.0 cm³/mol. The van der Waals surface area contributed by atoms with Crippen LogP contribution in [0.2, 0.25) is 0 Å². The lowest BCUT2D eigenvalue weighted by atomic mass is 10.3. The molecule has 0 spiro atoms. The van der Waals surface area contributed by atoms with Gasteiger partial charge >= 0.3 is 0 Å². The van der Waals surface area contributed by atoms with Crippen LogP contribution in [-0.2, 0) is 4.79 Å². The summed E-state index contributed by atoms with van der Waals surface area (Å²) in [6.07, 6.45) is 0.702. The van der Waals surface area contributed by atoms with Crippen LogP contribution in [0.5, 0.6) is 0 Å².